The number of hydrogen-bond donors (Lipinski definition) is 1. The van der Waals surface area contributed by atoms with Crippen LogP contribution in [-0.4, -0.2) is 30.0 Å². The number of carbonyl (C=O) groups is 1. The molecule has 1 N–H and O–H groups in total. The summed E-state index contributed by atoms with van der Waals surface area (Å²) in [5.74, 6) is 0.0563. The zero-order chi connectivity index (χ0) is 12.3. The van der Waals surface area contributed by atoms with Gasteiger partial charge < -0.3 is 0 Å². The fourth-order valence-electron chi connectivity index (χ4n) is 1.21. The predicted molar refractivity (Wildman–Crippen MR) is 64.5 cm³/mol. The predicted octanol–water partition coefficient (Wildman–Crippen LogP) is 2.06. The van der Waals surface area contributed by atoms with Crippen LogP contribution in [0.2, 0.25) is 5.15 Å². The number of amides is 1. The quantitative estimate of drug-likeness (QED) is 0.651. The van der Waals surface area contributed by atoms with Crippen molar-refractivity contribution in [2.24, 2.45) is 0 Å². The summed E-state index contributed by atoms with van der Waals surface area (Å²) in [6.45, 7) is 4.01. The van der Waals surface area contributed by atoms with Crippen LogP contribution in [0.25, 0.3) is 0 Å². The Morgan fingerprint density at radius 2 is 2.06 bits per heavy atom. The average Bonchev–Trinajstić information content (AvgIpc) is 2.15. The summed E-state index contributed by atoms with van der Waals surface area (Å²) in [6, 6.07) is 3.32. The standard InChI is InChI=1S/C11H16ClN3O/c1-7(2)9-5-8(6-10(12)13-9)11(16)14-15(3)4/h5-7H,1-4H3,(H,14,16). The first kappa shape index (κ1) is 12.9. The van der Waals surface area contributed by atoms with Gasteiger partial charge in [-0.15, -0.1) is 0 Å². The summed E-state index contributed by atoms with van der Waals surface area (Å²) >= 11 is 5.87. The van der Waals surface area contributed by atoms with Gasteiger partial charge in [-0.2, -0.15) is 0 Å². The van der Waals surface area contributed by atoms with E-state index in [0.717, 1.165) is 5.69 Å². The maximum Gasteiger partial charge on any atom is 0.265 e. The largest absolute Gasteiger partial charge is 0.285 e. The van der Waals surface area contributed by atoms with Crippen LogP contribution in [-0.2, 0) is 0 Å². The average molecular weight is 242 g/mol. The minimum Gasteiger partial charge on any atom is -0.285 e. The summed E-state index contributed by atoms with van der Waals surface area (Å²) in [5, 5.41) is 1.93. The lowest BCUT2D eigenvalue weighted by molar-refractivity contribution is 0.0856. The third kappa shape index (κ3) is 3.47. The first-order valence-corrected chi connectivity index (χ1v) is 5.43. The van der Waals surface area contributed by atoms with Gasteiger partial charge in [0.2, 0.25) is 0 Å². The monoisotopic (exact) mass is 241 g/mol. The van der Waals surface area contributed by atoms with E-state index < -0.39 is 0 Å². The molecule has 0 aromatic carbocycles. The summed E-state index contributed by atoms with van der Waals surface area (Å²) in [5.41, 5.74) is 4.00. The molecule has 0 aliphatic carbocycles. The number of carbonyl (C=O) groups excluding carboxylic acids is 1. The molecule has 5 heteroatoms. The maximum absolute atomic E-state index is 11.7. The Balaban J connectivity index is 3.00. The van der Waals surface area contributed by atoms with E-state index in [1.54, 1.807) is 31.2 Å². The highest BCUT2D eigenvalue weighted by Gasteiger charge is 2.11. The van der Waals surface area contributed by atoms with Crippen LogP contribution in [0.1, 0.15) is 35.8 Å². The molecule has 0 aliphatic rings. The number of nitrogens with one attached hydrogen (secondary N) is 1. The van der Waals surface area contributed by atoms with Crippen LogP contribution in [0, 0.1) is 0 Å². The van der Waals surface area contributed by atoms with Gasteiger partial charge in [0.25, 0.3) is 5.91 Å². The Bertz CT molecular complexity index is 391. The lowest BCUT2D eigenvalue weighted by atomic mass is 10.1. The molecule has 1 heterocycles. The van der Waals surface area contributed by atoms with Gasteiger partial charge >= 0.3 is 0 Å². The first-order chi connectivity index (χ1) is 7.40. The van der Waals surface area contributed by atoms with Gasteiger partial charge in [-0.25, -0.2) is 9.99 Å². The molecule has 4 nitrogen and oxygen atoms in total. The number of hydrogen-bond acceptors (Lipinski definition) is 3. The van der Waals surface area contributed by atoms with Crippen LogP contribution in [0.15, 0.2) is 12.1 Å². The molecule has 1 aromatic heterocycles. The summed E-state index contributed by atoms with van der Waals surface area (Å²) in [7, 11) is 3.51. The number of halogens is 1. The third-order valence-corrected chi connectivity index (χ3v) is 2.19. The summed E-state index contributed by atoms with van der Waals surface area (Å²) in [4.78, 5) is 15.9. The third-order valence-electron chi connectivity index (χ3n) is 1.99. The van der Waals surface area contributed by atoms with Crippen molar-refractivity contribution in [3.8, 4) is 0 Å². The van der Waals surface area contributed by atoms with Crippen molar-refractivity contribution >= 4 is 17.5 Å². The Labute approximate surface area is 101 Å². The summed E-state index contributed by atoms with van der Waals surface area (Å²) in [6.07, 6.45) is 0. The molecule has 0 bridgehead atoms. The number of rotatable bonds is 3. The number of hydrazine groups is 1. The van der Waals surface area contributed by atoms with Gasteiger partial charge in [-0.3, -0.25) is 10.2 Å². The molecule has 0 unspecified atom stereocenters. The van der Waals surface area contributed by atoms with Crippen molar-refractivity contribution in [1.82, 2.24) is 15.4 Å². The molecule has 1 rings (SSSR count). The molecule has 0 saturated heterocycles. The number of aromatic nitrogens is 1. The van der Waals surface area contributed by atoms with Gasteiger partial charge in [0, 0.05) is 25.4 Å². The number of nitrogens with zero attached hydrogens (tertiary/aromatic N) is 2. The SMILES string of the molecule is CC(C)c1cc(C(=O)NN(C)C)cc(Cl)n1. The Hall–Kier alpha value is -1.13. The van der Waals surface area contributed by atoms with Gasteiger partial charge in [0.15, 0.2) is 0 Å². The van der Waals surface area contributed by atoms with E-state index >= 15 is 0 Å². The second kappa shape index (κ2) is 5.27. The van der Waals surface area contributed by atoms with Crippen molar-refractivity contribution in [2.75, 3.05) is 14.1 Å². The molecule has 0 atom stereocenters. The van der Waals surface area contributed by atoms with Crippen molar-refractivity contribution in [1.29, 1.82) is 0 Å². The van der Waals surface area contributed by atoms with E-state index in [1.165, 1.54) is 0 Å². The van der Waals surface area contributed by atoms with Crippen LogP contribution in [0.5, 0.6) is 0 Å². The minimum atomic E-state index is -0.184. The fraction of sp³-hybridized carbons (Fsp3) is 0.455. The highest BCUT2D eigenvalue weighted by molar-refractivity contribution is 6.29. The Kier molecular flexibility index (Phi) is 4.26. The van der Waals surface area contributed by atoms with E-state index in [9.17, 15) is 4.79 Å². The second-order valence-electron chi connectivity index (χ2n) is 4.09. The van der Waals surface area contributed by atoms with E-state index in [-0.39, 0.29) is 11.8 Å². The van der Waals surface area contributed by atoms with Crippen LogP contribution in [0.3, 0.4) is 0 Å². The van der Waals surface area contributed by atoms with E-state index in [2.05, 4.69) is 10.4 Å². The topological polar surface area (TPSA) is 45.2 Å². The molecule has 0 spiro atoms. The van der Waals surface area contributed by atoms with E-state index in [4.69, 9.17) is 11.6 Å². The van der Waals surface area contributed by atoms with Crippen molar-refractivity contribution in [3.05, 3.63) is 28.5 Å². The van der Waals surface area contributed by atoms with Gasteiger partial charge in [0.1, 0.15) is 5.15 Å². The molecule has 88 valence electrons. The van der Waals surface area contributed by atoms with Gasteiger partial charge in [-0.1, -0.05) is 25.4 Å². The van der Waals surface area contributed by atoms with Crippen LogP contribution in [0.4, 0.5) is 0 Å². The lowest BCUT2D eigenvalue weighted by Crippen LogP contribution is -2.36. The zero-order valence-corrected chi connectivity index (χ0v) is 10.7. The molecule has 1 aromatic rings. The Morgan fingerprint density at radius 3 is 2.56 bits per heavy atom. The summed E-state index contributed by atoms with van der Waals surface area (Å²) < 4.78 is 0. The van der Waals surface area contributed by atoms with Gasteiger partial charge in [0.05, 0.1) is 0 Å². The first-order valence-electron chi connectivity index (χ1n) is 5.06. The zero-order valence-electron chi connectivity index (χ0n) is 9.91. The smallest absolute Gasteiger partial charge is 0.265 e. The van der Waals surface area contributed by atoms with Crippen molar-refractivity contribution in [2.45, 2.75) is 19.8 Å². The molecule has 1 amide bonds. The molecule has 16 heavy (non-hydrogen) atoms. The highest BCUT2D eigenvalue weighted by Crippen LogP contribution is 2.17. The minimum absolute atomic E-state index is 0.184. The molecule has 0 saturated carbocycles. The normalized spacial score (nSPS) is 10.9. The van der Waals surface area contributed by atoms with Crippen molar-refractivity contribution in [3.63, 3.8) is 0 Å². The van der Waals surface area contributed by atoms with Crippen LogP contribution < -0.4 is 5.43 Å². The fourth-order valence-corrected chi connectivity index (χ4v) is 1.43. The number of pyridine rings is 1. The molecular weight excluding hydrogens is 226 g/mol. The molecule has 0 aliphatic heterocycles. The second-order valence-corrected chi connectivity index (χ2v) is 4.48. The van der Waals surface area contributed by atoms with E-state index in [0.29, 0.717) is 10.7 Å². The molecule has 0 radical (unpaired) electrons. The maximum atomic E-state index is 11.7. The molecular formula is C11H16ClN3O. The molecule has 0 fully saturated rings. The van der Waals surface area contributed by atoms with E-state index in [1.807, 2.05) is 13.8 Å². The Morgan fingerprint density at radius 1 is 1.44 bits per heavy atom. The van der Waals surface area contributed by atoms with Gasteiger partial charge in [-0.05, 0) is 18.1 Å². The van der Waals surface area contributed by atoms with Crippen LogP contribution >= 0.6 is 11.6 Å². The lowest BCUT2D eigenvalue weighted by Gasteiger charge is -2.13. The highest BCUT2D eigenvalue weighted by atomic mass is 35.5. The van der Waals surface area contributed by atoms with Crippen molar-refractivity contribution < 1.29 is 4.79 Å².